The van der Waals surface area contributed by atoms with Crippen LogP contribution >= 0.6 is 0 Å². The van der Waals surface area contributed by atoms with E-state index in [0.717, 1.165) is 30.8 Å². The molecule has 100 valence electrons. The molecule has 1 fully saturated rings. The van der Waals surface area contributed by atoms with Crippen LogP contribution in [0.1, 0.15) is 37.8 Å². The van der Waals surface area contributed by atoms with Gasteiger partial charge in [-0.2, -0.15) is 0 Å². The first-order valence-corrected chi connectivity index (χ1v) is 6.73. The average molecular weight is 250 g/mol. The SMILES string of the molecule is CCCOc1ccc(C)cc1C1(CC)OCCO1. The highest BCUT2D eigenvalue weighted by Gasteiger charge is 2.39. The van der Waals surface area contributed by atoms with Gasteiger partial charge in [-0.3, -0.25) is 0 Å². The van der Waals surface area contributed by atoms with Crippen molar-refractivity contribution in [3.05, 3.63) is 29.3 Å². The lowest BCUT2D eigenvalue weighted by Gasteiger charge is -2.28. The highest BCUT2D eigenvalue weighted by atomic mass is 16.7. The van der Waals surface area contributed by atoms with Gasteiger partial charge < -0.3 is 14.2 Å². The predicted molar refractivity (Wildman–Crippen MR) is 70.8 cm³/mol. The first-order chi connectivity index (χ1) is 8.72. The van der Waals surface area contributed by atoms with Crippen LogP contribution in [0.15, 0.2) is 18.2 Å². The van der Waals surface area contributed by atoms with Crippen LogP contribution in [0.2, 0.25) is 0 Å². The fourth-order valence-electron chi connectivity index (χ4n) is 2.28. The van der Waals surface area contributed by atoms with E-state index in [9.17, 15) is 0 Å². The molecule has 1 saturated heterocycles. The maximum Gasteiger partial charge on any atom is 0.198 e. The van der Waals surface area contributed by atoms with Gasteiger partial charge in [0.15, 0.2) is 5.79 Å². The molecular weight excluding hydrogens is 228 g/mol. The Labute approximate surface area is 109 Å². The molecule has 0 aromatic heterocycles. The zero-order valence-electron chi connectivity index (χ0n) is 11.5. The van der Waals surface area contributed by atoms with Crippen molar-refractivity contribution < 1.29 is 14.2 Å². The smallest absolute Gasteiger partial charge is 0.198 e. The van der Waals surface area contributed by atoms with Crippen molar-refractivity contribution in [3.8, 4) is 5.75 Å². The summed E-state index contributed by atoms with van der Waals surface area (Å²) in [6, 6.07) is 6.19. The zero-order valence-corrected chi connectivity index (χ0v) is 11.5. The Balaban J connectivity index is 2.36. The second-order valence-electron chi connectivity index (χ2n) is 4.65. The molecule has 3 heteroatoms. The summed E-state index contributed by atoms with van der Waals surface area (Å²) in [5, 5.41) is 0. The fraction of sp³-hybridized carbons (Fsp3) is 0.600. The molecule has 0 bridgehead atoms. The molecule has 2 rings (SSSR count). The average Bonchev–Trinajstić information content (AvgIpc) is 2.87. The van der Waals surface area contributed by atoms with Crippen LogP contribution in [0.25, 0.3) is 0 Å². The van der Waals surface area contributed by atoms with Crippen molar-refractivity contribution in [3.63, 3.8) is 0 Å². The number of ether oxygens (including phenoxy) is 3. The lowest BCUT2D eigenvalue weighted by atomic mass is 10.00. The summed E-state index contributed by atoms with van der Waals surface area (Å²) in [7, 11) is 0. The molecule has 1 heterocycles. The molecular formula is C15H22O3. The molecule has 18 heavy (non-hydrogen) atoms. The van der Waals surface area contributed by atoms with Gasteiger partial charge in [0.1, 0.15) is 5.75 Å². The van der Waals surface area contributed by atoms with E-state index in [2.05, 4.69) is 32.9 Å². The minimum absolute atomic E-state index is 0.616. The highest BCUT2D eigenvalue weighted by molar-refractivity contribution is 5.40. The van der Waals surface area contributed by atoms with Gasteiger partial charge >= 0.3 is 0 Å². The summed E-state index contributed by atoms with van der Waals surface area (Å²) in [5.41, 5.74) is 2.22. The van der Waals surface area contributed by atoms with Crippen molar-refractivity contribution in [2.75, 3.05) is 19.8 Å². The van der Waals surface area contributed by atoms with Crippen LogP contribution < -0.4 is 4.74 Å². The van der Waals surface area contributed by atoms with E-state index in [0.29, 0.717) is 13.2 Å². The summed E-state index contributed by atoms with van der Waals surface area (Å²) < 4.78 is 17.5. The minimum atomic E-state index is -0.616. The monoisotopic (exact) mass is 250 g/mol. The number of rotatable bonds is 5. The van der Waals surface area contributed by atoms with Gasteiger partial charge in [-0.05, 0) is 25.5 Å². The van der Waals surface area contributed by atoms with Crippen LogP contribution in [0.4, 0.5) is 0 Å². The molecule has 1 aliphatic rings. The van der Waals surface area contributed by atoms with E-state index in [1.807, 2.05) is 6.07 Å². The molecule has 1 aromatic carbocycles. The maximum atomic E-state index is 5.85. The second-order valence-corrected chi connectivity index (χ2v) is 4.65. The Morgan fingerprint density at radius 2 is 1.94 bits per heavy atom. The maximum absolute atomic E-state index is 5.85. The van der Waals surface area contributed by atoms with Crippen LogP contribution in [0, 0.1) is 6.92 Å². The predicted octanol–water partition coefficient (Wildman–Crippen LogP) is 3.39. The topological polar surface area (TPSA) is 27.7 Å². The quantitative estimate of drug-likeness (QED) is 0.801. The molecule has 3 nitrogen and oxygen atoms in total. The van der Waals surface area contributed by atoms with E-state index in [-0.39, 0.29) is 0 Å². The summed E-state index contributed by atoms with van der Waals surface area (Å²) in [5.74, 6) is 0.265. The second kappa shape index (κ2) is 5.72. The van der Waals surface area contributed by atoms with Crippen molar-refractivity contribution in [2.24, 2.45) is 0 Å². The number of hydrogen-bond donors (Lipinski definition) is 0. The summed E-state index contributed by atoms with van der Waals surface area (Å²) >= 11 is 0. The molecule has 0 radical (unpaired) electrons. The Bertz CT molecular complexity index is 395. The molecule has 0 aliphatic carbocycles. The van der Waals surface area contributed by atoms with Crippen molar-refractivity contribution in [1.82, 2.24) is 0 Å². The van der Waals surface area contributed by atoms with E-state index < -0.39 is 5.79 Å². The zero-order chi connectivity index (χ0) is 13.0. The number of aryl methyl sites for hydroxylation is 1. The lowest BCUT2D eigenvalue weighted by Crippen LogP contribution is -2.27. The van der Waals surface area contributed by atoms with Crippen LogP contribution in [-0.4, -0.2) is 19.8 Å². The Morgan fingerprint density at radius 1 is 1.22 bits per heavy atom. The molecule has 1 aliphatic heterocycles. The summed E-state index contributed by atoms with van der Waals surface area (Å²) in [6.45, 7) is 8.27. The first kappa shape index (κ1) is 13.4. The molecule has 0 amide bonds. The van der Waals surface area contributed by atoms with Gasteiger partial charge in [0.25, 0.3) is 0 Å². The van der Waals surface area contributed by atoms with E-state index >= 15 is 0 Å². The van der Waals surface area contributed by atoms with Crippen molar-refractivity contribution in [2.45, 2.75) is 39.4 Å². The van der Waals surface area contributed by atoms with Gasteiger partial charge in [-0.15, -0.1) is 0 Å². The van der Waals surface area contributed by atoms with Gasteiger partial charge in [0.2, 0.25) is 0 Å². The van der Waals surface area contributed by atoms with Gasteiger partial charge in [0.05, 0.1) is 25.4 Å². The van der Waals surface area contributed by atoms with Gasteiger partial charge in [-0.1, -0.05) is 25.5 Å². The van der Waals surface area contributed by atoms with E-state index in [1.165, 1.54) is 5.56 Å². The number of hydrogen-bond acceptors (Lipinski definition) is 3. The molecule has 0 unspecified atom stereocenters. The third kappa shape index (κ3) is 2.52. The van der Waals surface area contributed by atoms with Crippen LogP contribution in [-0.2, 0) is 15.3 Å². The third-order valence-corrected chi connectivity index (χ3v) is 3.23. The first-order valence-electron chi connectivity index (χ1n) is 6.73. The Morgan fingerprint density at radius 3 is 2.56 bits per heavy atom. The largest absolute Gasteiger partial charge is 0.493 e. The highest BCUT2D eigenvalue weighted by Crippen LogP contribution is 2.40. The van der Waals surface area contributed by atoms with E-state index in [1.54, 1.807) is 0 Å². The normalized spacial score (nSPS) is 17.9. The summed E-state index contributed by atoms with van der Waals surface area (Å²) in [6.07, 6.45) is 1.78. The standard InChI is InChI=1S/C15H22O3/c1-4-8-16-14-7-6-12(3)11-13(14)15(5-2)17-9-10-18-15/h6-7,11H,4-5,8-10H2,1-3H3. The fourth-order valence-corrected chi connectivity index (χ4v) is 2.28. The Hall–Kier alpha value is -1.06. The number of benzene rings is 1. The lowest BCUT2D eigenvalue weighted by molar-refractivity contribution is -0.168. The molecule has 0 N–H and O–H groups in total. The molecule has 0 saturated carbocycles. The van der Waals surface area contributed by atoms with E-state index in [4.69, 9.17) is 14.2 Å². The van der Waals surface area contributed by atoms with Gasteiger partial charge in [0, 0.05) is 6.42 Å². The summed E-state index contributed by atoms with van der Waals surface area (Å²) in [4.78, 5) is 0. The Kier molecular flexibility index (Phi) is 4.25. The minimum Gasteiger partial charge on any atom is -0.493 e. The van der Waals surface area contributed by atoms with Crippen LogP contribution in [0.5, 0.6) is 5.75 Å². The molecule has 0 atom stereocenters. The van der Waals surface area contributed by atoms with Gasteiger partial charge in [-0.25, -0.2) is 0 Å². The van der Waals surface area contributed by atoms with Crippen molar-refractivity contribution in [1.29, 1.82) is 0 Å². The van der Waals surface area contributed by atoms with Crippen LogP contribution in [0.3, 0.4) is 0 Å². The molecule has 0 spiro atoms. The van der Waals surface area contributed by atoms with Crippen molar-refractivity contribution >= 4 is 0 Å². The third-order valence-electron chi connectivity index (χ3n) is 3.23. The molecule has 1 aromatic rings.